The molecule has 0 unspecified atom stereocenters. The van der Waals surface area contributed by atoms with Gasteiger partial charge in [-0.2, -0.15) is 0 Å². The van der Waals surface area contributed by atoms with Crippen molar-refractivity contribution in [3.8, 4) is 0 Å². The van der Waals surface area contributed by atoms with Gasteiger partial charge in [0.2, 0.25) is 10.0 Å². The summed E-state index contributed by atoms with van der Waals surface area (Å²) in [6.45, 7) is 9.31. The number of amides is 1. The van der Waals surface area contributed by atoms with Crippen molar-refractivity contribution in [2.45, 2.75) is 50.2 Å². The van der Waals surface area contributed by atoms with Gasteiger partial charge in [-0.3, -0.25) is 4.79 Å². The Kier molecular flexibility index (Phi) is 6.43. The minimum Gasteiger partial charge on any atom is -0.458 e. The van der Waals surface area contributed by atoms with Gasteiger partial charge in [-0.05, 0) is 51.8 Å². The van der Waals surface area contributed by atoms with Gasteiger partial charge in [-0.1, -0.05) is 12.1 Å². The van der Waals surface area contributed by atoms with E-state index in [0.717, 1.165) is 0 Å². The van der Waals surface area contributed by atoms with Crippen molar-refractivity contribution in [1.29, 1.82) is 0 Å². The number of hydrogen-bond acceptors (Lipinski definition) is 5. The highest BCUT2D eigenvalue weighted by molar-refractivity contribution is 7.89. The van der Waals surface area contributed by atoms with E-state index in [9.17, 15) is 18.0 Å². The molecule has 1 aromatic carbocycles. The fraction of sp³-hybridized carbons (Fsp3) is 0.474. The number of carbonyl (C=O) groups is 2. The molecule has 0 radical (unpaired) electrons. The van der Waals surface area contributed by atoms with Crippen molar-refractivity contribution in [2.24, 2.45) is 0 Å². The predicted molar refractivity (Wildman–Crippen MR) is 102 cm³/mol. The summed E-state index contributed by atoms with van der Waals surface area (Å²) in [7, 11) is -3.74. The van der Waals surface area contributed by atoms with Crippen LogP contribution in [0.25, 0.3) is 0 Å². The van der Waals surface area contributed by atoms with Crippen LogP contribution < -0.4 is 4.72 Å². The third-order valence-electron chi connectivity index (χ3n) is 4.00. The third-order valence-corrected chi connectivity index (χ3v) is 5.42. The van der Waals surface area contributed by atoms with Gasteiger partial charge in [0.05, 0.1) is 4.90 Å². The van der Waals surface area contributed by atoms with Gasteiger partial charge < -0.3 is 9.64 Å². The summed E-state index contributed by atoms with van der Waals surface area (Å²) in [5, 5.41) is 0. The molecule has 1 aliphatic rings. The Labute approximate surface area is 160 Å². The number of rotatable bonds is 6. The lowest BCUT2D eigenvalue weighted by atomic mass is 10.1. The van der Waals surface area contributed by atoms with Gasteiger partial charge >= 0.3 is 5.97 Å². The molecule has 1 aromatic rings. The zero-order valence-electron chi connectivity index (χ0n) is 15.9. The minimum absolute atomic E-state index is 0.0109. The normalized spacial score (nSPS) is 17.6. The number of carbonyl (C=O) groups excluding carboxylic acids is 2. The number of likely N-dealkylation sites (tertiary alicyclic amines) is 1. The molecular formula is C19H26N2O5S. The second-order valence-corrected chi connectivity index (χ2v) is 9.13. The van der Waals surface area contributed by atoms with Crippen LogP contribution >= 0.6 is 0 Å². The number of hydrogen-bond donors (Lipinski definition) is 1. The van der Waals surface area contributed by atoms with Gasteiger partial charge in [0.1, 0.15) is 11.6 Å². The average Bonchev–Trinajstić information content (AvgIpc) is 3.08. The first-order valence-electron chi connectivity index (χ1n) is 8.79. The van der Waals surface area contributed by atoms with Crippen molar-refractivity contribution in [1.82, 2.24) is 9.62 Å². The van der Waals surface area contributed by atoms with Crippen LogP contribution in [0.3, 0.4) is 0 Å². The number of ether oxygens (including phenoxy) is 1. The molecule has 2 rings (SSSR count). The summed E-state index contributed by atoms with van der Waals surface area (Å²) < 4.78 is 32.3. The molecule has 1 aliphatic heterocycles. The van der Waals surface area contributed by atoms with Gasteiger partial charge in [0.25, 0.3) is 5.91 Å². The molecule has 8 heteroatoms. The van der Waals surface area contributed by atoms with Crippen LogP contribution in [0.5, 0.6) is 0 Å². The fourth-order valence-electron chi connectivity index (χ4n) is 2.84. The van der Waals surface area contributed by atoms with Crippen LogP contribution in [-0.2, 0) is 19.6 Å². The van der Waals surface area contributed by atoms with Crippen LogP contribution in [0.2, 0.25) is 0 Å². The van der Waals surface area contributed by atoms with Crippen molar-refractivity contribution >= 4 is 21.9 Å². The molecule has 0 spiro atoms. The first kappa shape index (κ1) is 21.1. The second kappa shape index (κ2) is 8.22. The van der Waals surface area contributed by atoms with Gasteiger partial charge in [0, 0.05) is 18.7 Å². The van der Waals surface area contributed by atoms with Gasteiger partial charge in [-0.15, -0.1) is 6.58 Å². The Balaban J connectivity index is 2.23. The fourth-order valence-corrected chi connectivity index (χ4v) is 3.88. The van der Waals surface area contributed by atoms with E-state index in [1.165, 1.54) is 29.2 Å². The standard InChI is InChI=1S/C19H26N2O5S/c1-5-11-20-27(24,25)15-9-6-8-14(13-15)17(22)21-12-7-10-16(21)18(23)26-19(2,3)4/h5-6,8-9,13,16,20H,1,7,10-12H2,2-4H3/t16-/m0/s1. The van der Waals surface area contributed by atoms with E-state index >= 15 is 0 Å². The highest BCUT2D eigenvalue weighted by Crippen LogP contribution is 2.24. The largest absolute Gasteiger partial charge is 0.458 e. The van der Waals surface area contributed by atoms with Crippen molar-refractivity contribution in [3.05, 3.63) is 42.5 Å². The van der Waals surface area contributed by atoms with Crippen LogP contribution in [0, 0.1) is 0 Å². The summed E-state index contributed by atoms with van der Waals surface area (Å²) >= 11 is 0. The molecule has 1 fully saturated rings. The molecule has 0 bridgehead atoms. The van der Waals surface area contributed by atoms with E-state index in [-0.39, 0.29) is 22.9 Å². The summed E-state index contributed by atoms with van der Waals surface area (Å²) in [5.41, 5.74) is -0.425. The molecular weight excluding hydrogens is 368 g/mol. The monoisotopic (exact) mass is 394 g/mol. The highest BCUT2D eigenvalue weighted by atomic mass is 32.2. The lowest BCUT2D eigenvalue weighted by Gasteiger charge is -2.27. The molecule has 0 aliphatic carbocycles. The number of benzene rings is 1. The molecule has 27 heavy (non-hydrogen) atoms. The third kappa shape index (κ3) is 5.40. The lowest BCUT2D eigenvalue weighted by molar-refractivity contribution is -0.159. The average molecular weight is 394 g/mol. The topological polar surface area (TPSA) is 92.8 Å². The van der Waals surface area contributed by atoms with Crippen LogP contribution in [-0.4, -0.2) is 49.9 Å². The number of esters is 1. The second-order valence-electron chi connectivity index (χ2n) is 7.36. The summed E-state index contributed by atoms with van der Waals surface area (Å²) in [5.74, 6) is -0.825. The first-order valence-corrected chi connectivity index (χ1v) is 10.3. The Morgan fingerprint density at radius 1 is 1.37 bits per heavy atom. The number of nitrogens with zero attached hydrogens (tertiary/aromatic N) is 1. The van der Waals surface area contributed by atoms with E-state index in [4.69, 9.17) is 4.74 Å². The highest BCUT2D eigenvalue weighted by Gasteiger charge is 2.37. The maximum atomic E-state index is 12.9. The lowest BCUT2D eigenvalue weighted by Crippen LogP contribution is -2.43. The molecule has 1 amide bonds. The number of sulfonamides is 1. The van der Waals surface area contributed by atoms with E-state index in [1.54, 1.807) is 26.8 Å². The van der Waals surface area contributed by atoms with Gasteiger partial charge in [-0.25, -0.2) is 17.9 Å². The molecule has 7 nitrogen and oxygen atoms in total. The molecule has 1 atom stereocenters. The first-order chi connectivity index (χ1) is 12.5. The molecule has 1 saturated heterocycles. The zero-order valence-corrected chi connectivity index (χ0v) is 16.7. The molecule has 148 valence electrons. The van der Waals surface area contributed by atoms with Crippen LogP contribution in [0.1, 0.15) is 44.0 Å². The SMILES string of the molecule is C=CCNS(=O)(=O)c1cccc(C(=O)N2CCC[C@H]2C(=O)OC(C)(C)C)c1. The van der Waals surface area contributed by atoms with Crippen molar-refractivity contribution in [3.63, 3.8) is 0 Å². The Bertz CT molecular complexity index is 827. The molecule has 1 heterocycles. The molecule has 0 saturated carbocycles. The van der Waals surface area contributed by atoms with E-state index in [2.05, 4.69) is 11.3 Å². The quantitative estimate of drug-likeness (QED) is 0.589. The smallest absolute Gasteiger partial charge is 0.329 e. The maximum absolute atomic E-state index is 12.9. The summed E-state index contributed by atoms with van der Waals surface area (Å²) in [4.78, 5) is 26.8. The minimum atomic E-state index is -3.74. The van der Waals surface area contributed by atoms with Crippen molar-refractivity contribution < 1.29 is 22.7 Å². The molecule has 0 aromatic heterocycles. The van der Waals surface area contributed by atoms with Gasteiger partial charge in [0.15, 0.2) is 0 Å². The van der Waals surface area contributed by atoms with Crippen LogP contribution in [0.15, 0.2) is 41.8 Å². The predicted octanol–water partition coefficient (Wildman–Crippen LogP) is 2.10. The zero-order chi connectivity index (χ0) is 20.2. The van der Waals surface area contributed by atoms with Crippen LogP contribution in [0.4, 0.5) is 0 Å². The molecule has 1 N–H and O–H groups in total. The summed E-state index contributed by atoms with van der Waals surface area (Å²) in [6, 6.07) is 5.12. The van der Waals surface area contributed by atoms with Crippen molar-refractivity contribution in [2.75, 3.05) is 13.1 Å². The Hall–Kier alpha value is -2.19. The Morgan fingerprint density at radius 3 is 2.70 bits per heavy atom. The number of nitrogens with one attached hydrogen (secondary N) is 1. The van der Waals surface area contributed by atoms with E-state index in [1.807, 2.05) is 0 Å². The van der Waals surface area contributed by atoms with E-state index in [0.29, 0.717) is 19.4 Å². The summed E-state index contributed by atoms with van der Waals surface area (Å²) in [6.07, 6.45) is 2.65. The maximum Gasteiger partial charge on any atom is 0.329 e. The Morgan fingerprint density at radius 2 is 2.07 bits per heavy atom. The van der Waals surface area contributed by atoms with E-state index < -0.39 is 27.6 Å².